The van der Waals surface area contributed by atoms with Gasteiger partial charge in [-0.15, -0.1) is 12.4 Å². The molecule has 2 bridgehead atoms. The third kappa shape index (κ3) is 3.73. The Morgan fingerprint density at radius 3 is 2.36 bits per heavy atom. The van der Waals surface area contributed by atoms with Crippen molar-refractivity contribution in [2.24, 2.45) is 0 Å². The molecule has 2 heterocycles. The standard InChI is InChI=1S/C17H24N2O2.ClH/c1-19(15-10-13-5-6-14(11-15)18-13)17(20)9-12-3-7-16(21-2)8-4-12;/h3-4,7-8,13-15,18H,5-6,9-11H2,1-2H3;1H. The summed E-state index contributed by atoms with van der Waals surface area (Å²) in [7, 11) is 3.61. The Hall–Kier alpha value is -1.26. The van der Waals surface area contributed by atoms with Crippen LogP contribution >= 0.6 is 12.4 Å². The molecule has 0 aromatic heterocycles. The molecule has 2 atom stereocenters. The molecule has 22 heavy (non-hydrogen) atoms. The number of piperidine rings is 1. The van der Waals surface area contributed by atoms with E-state index in [4.69, 9.17) is 4.74 Å². The van der Waals surface area contributed by atoms with Gasteiger partial charge >= 0.3 is 0 Å². The van der Waals surface area contributed by atoms with Gasteiger partial charge in [-0.05, 0) is 43.4 Å². The van der Waals surface area contributed by atoms with Crippen LogP contribution in [0.3, 0.4) is 0 Å². The Bertz CT molecular complexity index is 494. The van der Waals surface area contributed by atoms with E-state index >= 15 is 0 Å². The van der Waals surface area contributed by atoms with Gasteiger partial charge in [0.25, 0.3) is 0 Å². The fourth-order valence-electron chi connectivity index (χ4n) is 3.59. The van der Waals surface area contributed by atoms with Crippen molar-refractivity contribution >= 4 is 18.3 Å². The minimum absolute atomic E-state index is 0. The Morgan fingerprint density at radius 1 is 1.23 bits per heavy atom. The number of amides is 1. The van der Waals surface area contributed by atoms with Crippen molar-refractivity contribution in [1.29, 1.82) is 0 Å². The van der Waals surface area contributed by atoms with Crippen molar-refractivity contribution in [3.05, 3.63) is 29.8 Å². The second-order valence-electron chi connectivity index (χ2n) is 6.29. The van der Waals surface area contributed by atoms with Gasteiger partial charge in [0.05, 0.1) is 13.5 Å². The zero-order valence-electron chi connectivity index (χ0n) is 13.2. The number of benzene rings is 1. The van der Waals surface area contributed by atoms with Gasteiger partial charge in [0.2, 0.25) is 5.91 Å². The highest BCUT2D eigenvalue weighted by Gasteiger charge is 2.36. The van der Waals surface area contributed by atoms with E-state index in [0.717, 1.165) is 24.2 Å². The maximum absolute atomic E-state index is 12.5. The average Bonchev–Trinajstić information content (AvgIpc) is 2.85. The lowest BCUT2D eigenvalue weighted by molar-refractivity contribution is -0.131. The normalized spacial score (nSPS) is 26.2. The van der Waals surface area contributed by atoms with Crippen LogP contribution in [-0.4, -0.2) is 43.1 Å². The van der Waals surface area contributed by atoms with Crippen molar-refractivity contribution in [1.82, 2.24) is 10.2 Å². The minimum Gasteiger partial charge on any atom is -0.497 e. The minimum atomic E-state index is 0. The topological polar surface area (TPSA) is 41.6 Å². The number of rotatable bonds is 4. The lowest BCUT2D eigenvalue weighted by Crippen LogP contribution is -2.49. The summed E-state index contributed by atoms with van der Waals surface area (Å²) in [5.41, 5.74) is 1.05. The summed E-state index contributed by atoms with van der Waals surface area (Å²) in [6.07, 6.45) is 5.20. The van der Waals surface area contributed by atoms with Crippen molar-refractivity contribution < 1.29 is 9.53 Å². The first-order valence-corrected chi connectivity index (χ1v) is 7.80. The van der Waals surface area contributed by atoms with Crippen molar-refractivity contribution in [2.45, 2.75) is 50.2 Å². The molecular formula is C17H25ClN2O2. The Balaban J connectivity index is 0.00000176. The molecule has 0 aliphatic carbocycles. The molecular weight excluding hydrogens is 300 g/mol. The van der Waals surface area contributed by atoms with Crippen LogP contribution in [0.4, 0.5) is 0 Å². The SMILES string of the molecule is COc1ccc(CC(=O)N(C)C2CC3CCC(C2)N3)cc1.Cl. The molecule has 0 spiro atoms. The van der Waals surface area contributed by atoms with Crippen LogP contribution in [0.2, 0.25) is 0 Å². The Labute approximate surface area is 138 Å². The number of fused-ring (bicyclic) bond motifs is 2. The van der Waals surface area contributed by atoms with E-state index in [-0.39, 0.29) is 18.3 Å². The smallest absolute Gasteiger partial charge is 0.226 e. The number of ether oxygens (including phenoxy) is 1. The molecule has 0 radical (unpaired) electrons. The molecule has 2 fully saturated rings. The largest absolute Gasteiger partial charge is 0.497 e. The third-order valence-corrected chi connectivity index (χ3v) is 4.90. The number of nitrogens with zero attached hydrogens (tertiary/aromatic N) is 1. The van der Waals surface area contributed by atoms with Crippen LogP contribution < -0.4 is 10.1 Å². The van der Waals surface area contributed by atoms with E-state index in [2.05, 4.69) is 5.32 Å². The number of carbonyl (C=O) groups is 1. The van der Waals surface area contributed by atoms with Gasteiger partial charge in [0.15, 0.2) is 0 Å². The summed E-state index contributed by atoms with van der Waals surface area (Å²) < 4.78 is 5.15. The number of halogens is 1. The zero-order chi connectivity index (χ0) is 14.8. The molecule has 5 heteroatoms. The van der Waals surface area contributed by atoms with E-state index in [1.807, 2.05) is 36.2 Å². The lowest BCUT2D eigenvalue weighted by atomic mass is 9.98. The van der Waals surface area contributed by atoms with Crippen LogP contribution in [0, 0.1) is 0 Å². The first kappa shape index (κ1) is 17.1. The van der Waals surface area contributed by atoms with Gasteiger partial charge < -0.3 is 15.0 Å². The Kier molecular flexibility index (Phi) is 5.70. The molecule has 1 N–H and O–H groups in total. The third-order valence-electron chi connectivity index (χ3n) is 4.90. The molecule has 2 aliphatic heterocycles. The lowest BCUT2D eigenvalue weighted by Gasteiger charge is -2.35. The highest BCUT2D eigenvalue weighted by molar-refractivity contribution is 5.85. The first-order chi connectivity index (χ1) is 10.2. The number of hydrogen-bond donors (Lipinski definition) is 1. The van der Waals surface area contributed by atoms with Crippen molar-refractivity contribution in [3.8, 4) is 5.75 Å². The molecule has 0 saturated carbocycles. The van der Waals surface area contributed by atoms with Gasteiger partial charge in [0.1, 0.15) is 5.75 Å². The van der Waals surface area contributed by atoms with Gasteiger partial charge in [0, 0.05) is 25.2 Å². The summed E-state index contributed by atoms with van der Waals surface area (Å²) >= 11 is 0. The molecule has 2 aliphatic rings. The molecule has 2 unspecified atom stereocenters. The van der Waals surface area contributed by atoms with Gasteiger partial charge in [-0.25, -0.2) is 0 Å². The molecule has 2 saturated heterocycles. The van der Waals surface area contributed by atoms with E-state index in [9.17, 15) is 4.79 Å². The van der Waals surface area contributed by atoms with E-state index < -0.39 is 0 Å². The Morgan fingerprint density at radius 2 is 1.82 bits per heavy atom. The molecule has 1 aromatic carbocycles. The number of likely N-dealkylation sites (N-methyl/N-ethyl adjacent to an activating group) is 1. The highest BCUT2D eigenvalue weighted by Crippen LogP contribution is 2.29. The van der Waals surface area contributed by atoms with E-state index in [0.29, 0.717) is 24.5 Å². The highest BCUT2D eigenvalue weighted by atomic mass is 35.5. The predicted molar refractivity (Wildman–Crippen MR) is 89.7 cm³/mol. The second-order valence-corrected chi connectivity index (χ2v) is 6.29. The zero-order valence-corrected chi connectivity index (χ0v) is 14.1. The van der Waals surface area contributed by atoms with Crippen LogP contribution in [0.15, 0.2) is 24.3 Å². The summed E-state index contributed by atoms with van der Waals surface area (Å²) in [5.74, 6) is 1.04. The molecule has 1 aromatic rings. The van der Waals surface area contributed by atoms with Crippen molar-refractivity contribution in [3.63, 3.8) is 0 Å². The van der Waals surface area contributed by atoms with Crippen LogP contribution in [0.1, 0.15) is 31.2 Å². The van der Waals surface area contributed by atoms with Crippen LogP contribution in [0.5, 0.6) is 5.75 Å². The summed E-state index contributed by atoms with van der Waals surface area (Å²) in [6.45, 7) is 0. The van der Waals surface area contributed by atoms with E-state index in [1.165, 1.54) is 12.8 Å². The second kappa shape index (κ2) is 7.34. The number of methoxy groups -OCH3 is 1. The molecule has 3 rings (SSSR count). The number of hydrogen-bond acceptors (Lipinski definition) is 3. The van der Waals surface area contributed by atoms with Crippen molar-refractivity contribution in [2.75, 3.05) is 14.2 Å². The summed E-state index contributed by atoms with van der Waals surface area (Å²) in [5, 5.41) is 3.62. The predicted octanol–water partition coefficient (Wildman–Crippen LogP) is 2.40. The maximum Gasteiger partial charge on any atom is 0.226 e. The summed E-state index contributed by atoms with van der Waals surface area (Å²) in [6, 6.07) is 9.39. The maximum atomic E-state index is 12.5. The first-order valence-electron chi connectivity index (χ1n) is 7.80. The van der Waals surface area contributed by atoms with Crippen LogP contribution in [-0.2, 0) is 11.2 Å². The molecule has 4 nitrogen and oxygen atoms in total. The fourth-order valence-corrected chi connectivity index (χ4v) is 3.59. The molecule has 122 valence electrons. The van der Waals surface area contributed by atoms with Crippen LogP contribution in [0.25, 0.3) is 0 Å². The number of carbonyl (C=O) groups excluding carboxylic acids is 1. The fraction of sp³-hybridized carbons (Fsp3) is 0.588. The van der Waals surface area contributed by atoms with Gasteiger partial charge in [-0.2, -0.15) is 0 Å². The quantitative estimate of drug-likeness (QED) is 0.924. The van der Waals surface area contributed by atoms with E-state index in [1.54, 1.807) is 7.11 Å². The number of nitrogens with one attached hydrogen (secondary N) is 1. The summed E-state index contributed by atoms with van der Waals surface area (Å²) in [4.78, 5) is 14.4. The van der Waals surface area contributed by atoms with Gasteiger partial charge in [-0.1, -0.05) is 12.1 Å². The molecule has 1 amide bonds. The monoisotopic (exact) mass is 324 g/mol. The average molecular weight is 325 g/mol. The van der Waals surface area contributed by atoms with Gasteiger partial charge in [-0.3, -0.25) is 4.79 Å².